The van der Waals surface area contributed by atoms with Crippen molar-refractivity contribution in [1.29, 1.82) is 0 Å². The molecule has 2 saturated heterocycles. The summed E-state index contributed by atoms with van der Waals surface area (Å²) >= 11 is 5.21. The fraction of sp³-hybridized carbons (Fsp3) is 0.643. The Morgan fingerprint density at radius 3 is 3.11 bits per heavy atom. The summed E-state index contributed by atoms with van der Waals surface area (Å²) in [4.78, 5) is 21.3. The fourth-order valence-corrected chi connectivity index (χ4v) is 6.76. The van der Waals surface area contributed by atoms with Gasteiger partial charge in [0.1, 0.15) is 16.4 Å². The van der Waals surface area contributed by atoms with Crippen molar-refractivity contribution in [3.63, 3.8) is 0 Å². The lowest BCUT2D eigenvalue weighted by Gasteiger charge is -2.24. The minimum atomic E-state index is -4.11. The van der Waals surface area contributed by atoms with Crippen LogP contribution in [0.3, 0.4) is 0 Å². The van der Waals surface area contributed by atoms with E-state index in [9.17, 15) is 9.46 Å². The summed E-state index contributed by atoms with van der Waals surface area (Å²) in [5, 5.41) is 0. The number of nitrogen functional groups attached to an aromatic ring is 1. The average Bonchev–Trinajstić information content (AvgIpc) is 3.27. The standard InChI is InChI=1S/C14H20N5O5PS3/c15-14-17-12-11(13(26)18-14)16-7-19(12)10-2-1-8(23-10)5-22-25(20,21)24-9-3-4-27-28-6-9/h7-10H,1-6H2,(H,20,21)(H3,15,17,18,26)/t8-,9?,10+/m0/s1. The van der Waals surface area contributed by atoms with Crippen LogP contribution >= 0.6 is 41.6 Å². The molecule has 14 heteroatoms. The van der Waals surface area contributed by atoms with Gasteiger partial charge in [-0.05, 0) is 19.3 Å². The molecule has 4 N–H and O–H groups in total. The third-order valence-corrected chi connectivity index (χ3v) is 8.23. The SMILES string of the molecule is Nc1nc2c(ncn2[C@H]2CC[C@@H](COP(=O)(O)OC3CCSSC3)O2)c(=S)[nH]1. The minimum Gasteiger partial charge on any atom is -0.369 e. The molecule has 4 rings (SSSR count). The number of nitrogens with zero attached hydrogens (tertiary/aromatic N) is 3. The van der Waals surface area contributed by atoms with Gasteiger partial charge in [0, 0.05) is 11.5 Å². The highest BCUT2D eigenvalue weighted by molar-refractivity contribution is 8.76. The molecular formula is C14H20N5O5PS3. The van der Waals surface area contributed by atoms with E-state index in [1.165, 1.54) is 0 Å². The average molecular weight is 466 g/mol. The molecule has 2 aromatic heterocycles. The number of anilines is 1. The monoisotopic (exact) mass is 465 g/mol. The third kappa shape index (κ3) is 4.73. The van der Waals surface area contributed by atoms with Crippen molar-refractivity contribution in [2.24, 2.45) is 0 Å². The van der Waals surface area contributed by atoms with Crippen LogP contribution in [0, 0.1) is 4.64 Å². The molecule has 0 saturated carbocycles. The zero-order chi connectivity index (χ0) is 19.7. The van der Waals surface area contributed by atoms with Crippen molar-refractivity contribution >= 4 is 58.7 Å². The molecule has 4 atom stereocenters. The number of aromatic nitrogens is 4. The lowest BCUT2D eigenvalue weighted by molar-refractivity contribution is -0.0238. The first-order chi connectivity index (χ1) is 13.4. The maximum atomic E-state index is 12.2. The van der Waals surface area contributed by atoms with Crippen molar-refractivity contribution < 1.29 is 23.2 Å². The van der Waals surface area contributed by atoms with Gasteiger partial charge in [-0.3, -0.25) is 13.6 Å². The summed E-state index contributed by atoms with van der Waals surface area (Å²) < 4.78 is 30.8. The first kappa shape index (κ1) is 20.6. The van der Waals surface area contributed by atoms with Crippen LogP contribution in [0.4, 0.5) is 5.95 Å². The Morgan fingerprint density at radius 2 is 2.32 bits per heavy atom. The smallest absolute Gasteiger partial charge is 0.369 e. The van der Waals surface area contributed by atoms with Crippen LogP contribution in [0.25, 0.3) is 11.2 Å². The number of nitrogens with one attached hydrogen (secondary N) is 1. The molecule has 0 amide bonds. The molecule has 2 unspecified atom stereocenters. The van der Waals surface area contributed by atoms with Gasteiger partial charge >= 0.3 is 7.82 Å². The molecule has 2 aliphatic rings. The van der Waals surface area contributed by atoms with Gasteiger partial charge in [0.15, 0.2) is 5.65 Å². The van der Waals surface area contributed by atoms with E-state index in [1.54, 1.807) is 32.5 Å². The quantitative estimate of drug-likeness (QED) is 0.330. The molecule has 154 valence electrons. The Balaban J connectivity index is 1.35. The molecule has 4 heterocycles. The number of phosphoric acid groups is 1. The number of H-pyrrole nitrogens is 1. The van der Waals surface area contributed by atoms with Crippen molar-refractivity contribution in [3.05, 3.63) is 11.0 Å². The zero-order valence-corrected chi connectivity index (χ0v) is 18.1. The van der Waals surface area contributed by atoms with Gasteiger partial charge in [-0.2, -0.15) is 4.98 Å². The van der Waals surface area contributed by atoms with Crippen molar-refractivity contribution in [1.82, 2.24) is 19.5 Å². The molecule has 0 aliphatic carbocycles. The van der Waals surface area contributed by atoms with E-state index >= 15 is 0 Å². The Labute approximate surface area is 173 Å². The second-order valence-corrected chi connectivity index (χ2v) is 10.9. The first-order valence-corrected chi connectivity index (χ1v) is 13.1. The first-order valence-electron chi connectivity index (χ1n) is 8.69. The molecular weight excluding hydrogens is 445 g/mol. The Bertz CT molecular complexity index is 949. The van der Waals surface area contributed by atoms with Crippen LogP contribution in [0.1, 0.15) is 25.5 Å². The lowest BCUT2D eigenvalue weighted by Crippen LogP contribution is -2.21. The minimum absolute atomic E-state index is 0.0266. The van der Waals surface area contributed by atoms with Crippen LogP contribution in [0.15, 0.2) is 6.33 Å². The van der Waals surface area contributed by atoms with Gasteiger partial charge in [0.05, 0.1) is 25.1 Å². The van der Waals surface area contributed by atoms with E-state index in [0.717, 1.165) is 12.2 Å². The lowest BCUT2D eigenvalue weighted by atomic mass is 10.2. The molecule has 2 fully saturated rings. The van der Waals surface area contributed by atoms with E-state index in [2.05, 4.69) is 15.0 Å². The number of imidazole rings is 1. The van der Waals surface area contributed by atoms with Crippen molar-refractivity contribution in [2.75, 3.05) is 23.8 Å². The summed E-state index contributed by atoms with van der Waals surface area (Å²) in [6, 6.07) is 0. The van der Waals surface area contributed by atoms with Gasteiger partial charge in [0.2, 0.25) is 5.95 Å². The molecule has 0 bridgehead atoms. The van der Waals surface area contributed by atoms with Gasteiger partial charge in [0.25, 0.3) is 0 Å². The second kappa shape index (κ2) is 8.60. The summed E-state index contributed by atoms with van der Waals surface area (Å²) in [6.07, 6.45) is 2.76. The highest BCUT2D eigenvalue weighted by Gasteiger charge is 2.33. The van der Waals surface area contributed by atoms with E-state index in [4.69, 9.17) is 31.7 Å². The number of fused-ring (bicyclic) bond motifs is 1. The highest BCUT2D eigenvalue weighted by Crippen LogP contribution is 2.48. The molecule has 10 nitrogen and oxygen atoms in total. The number of aromatic amines is 1. The summed E-state index contributed by atoms with van der Waals surface area (Å²) in [5.74, 6) is 1.77. The normalized spacial score (nSPS) is 27.8. The topological polar surface area (TPSA) is 138 Å². The Hall–Kier alpha value is -0.660. The van der Waals surface area contributed by atoms with Crippen LogP contribution < -0.4 is 5.73 Å². The van der Waals surface area contributed by atoms with E-state index in [-0.39, 0.29) is 31.0 Å². The van der Waals surface area contributed by atoms with Crippen molar-refractivity contribution in [3.8, 4) is 0 Å². The second-order valence-electron chi connectivity index (χ2n) is 6.45. The van der Waals surface area contributed by atoms with Gasteiger partial charge < -0.3 is 20.3 Å². The number of hydrogen-bond donors (Lipinski definition) is 3. The zero-order valence-electron chi connectivity index (χ0n) is 14.7. The molecule has 2 aromatic rings. The fourth-order valence-electron chi connectivity index (χ4n) is 3.09. The van der Waals surface area contributed by atoms with E-state index < -0.39 is 7.82 Å². The van der Waals surface area contributed by atoms with Gasteiger partial charge in [-0.25, -0.2) is 9.55 Å². The largest absolute Gasteiger partial charge is 0.472 e. The van der Waals surface area contributed by atoms with Crippen LogP contribution in [0.2, 0.25) is 0 Å². The predicted molar refractivity (Wildman–Crippen MR) is 110 cm³/mol. The van der Waals surface area contributed by atoms with Gasteiger partial charge in [-0.15, -0.1) is 0 Å². The number of phosphoric ester groups is 1. The molecule has 0 aromatic carbocycles. The van der Waals surface area contributed by atoms with Crippen LogP contribution in [0.5, 0.6) is 0 Å². The Morgan fingerprint density at radius 1 is 1.46 bits per heavy atom. The summed E-state index contributed by atoms with van der Waals surface area (Å²) in [7, 11) is -0.744. The number of rotatable bonds is 6. The highest BCUT2D eigenvalue weighted by atomic mass is 33.1. The molecule has 2 aliphatic heterocycles. The predicted octanol–water partition coefficient (Wildman–Crippen LogP) is 3.04. The Kier molecular flexibility index (Phi) is 6.33. The third-order valence-electron chi connectivity index (χ3n) is 4.41. The summed E-state index contributed by atoms with van der Waals surface area (Å²) in [5.41, 5.74) is 6.82. The van der Waals surface area contributed by atoms with Crippen molar-refractivity contribution in [2.45, 2.75) is 37.7 Å². The maximum absolute atomic E-state index is 12.2. The summed E-state index contributed by atoms with van der Waals surface area (Å²) in [6.45, 7) is -0.0266. The number of ether oxygens (including phenoxy) is 1. The van der Waals surface area contributed by atoms with Crippen LogP contribution in [-0.4, -0.2) is 54.7 Å². The number of hydrogen-bond acceptors (Lipinski definition) is 10. The van der Waals surface area contributed by atoms with Gasteiger partial charge in [-0.1, -0.05) is 33.8 Å². The molecule has 28 heavy (non-hydrogen) atoms. The van der Waals surface area contributed by atoms with Crippen LogP contribution in [-0.2, 0) is 18.3 Å². The molecule has 0 spiro atoms. The molecule has 0 radical (unpaired) electrons. The number of nitrogens with two attached hydrogens (primary N) is 1. The maximum Gasteiger partial charge on any atom is 0.472 e. The van der Waals surface area contributed by atoms with E-state index in [1.807, 2.05) is 0 Å². The van der Waals surface area contributed by atoms with E-state index in [0.29, 0.717) is 34.4 Å².